The Kier molecular flexibility index (Phi) is 4.23. The van der Waals surface area contributed by atoms with E-state index in [4.69, 9.17) is 10.4 Å². The Morgan fingerprint density at radius 2 is 2.50 bits per heavy atom. The van der Waals surface area contributed by atoms with Gasteiger partial charge in [-0.25, -0.2) is 0 Å². The standard InChI is InChI=1S/C5H9NO2/c1-8-4-5(7)2-3-6/h5,7H,2,4H2,1H3/t5-/m0/s1. The molecular weight excluding hydrogens is 106 g/mol. The van der Waals surface area contributed by atoms with Gasteiger partial charge in [0.25, 0.3) is 0 Å². The highest BCUT2D eigenvalue weighted by Gasteiger charge is 1.99. The van der Waals surface area contributed by atoms with Gasteiger partial charge in [0.15, 0.2) is 0 Å². The van der Waals surface area contributed by atoms with E-state index in [0.29, 0.717) is 0 Å². The molecule has 0 saturated heterocycles. The predicted octanol–water partition coefficient (Wildman–Crippen LogP) is -0.0926. The molecule has 0 bridgehead atoms. The first-order valence-electron chi connectivity index (χ1n) is 2.35. The molecule has 0 aliphatic heterocycles. The summed E-state index contributed by atoms with van der Waals surface area (Å²) in [5, 5.41) is 16.7. The van der Waals surface area contributed by atoms with E-state index < -0.39 is 6.10 Å². The van der Waals surface area contributed by atoms with Gasteiger partial charge in [0, 0.05) is 7.11 Å². The van der Waals surface area contributed by atoms with Crippen LogP contribution in [0.3, 0.4) is 0 Å². The van der Waals surface area contributed by atoms with Crippen LogP contribution in [0.1, 0.15) is 6.42 Å². The fourth-order valence-electron chi connectivity index (χ4n) is 0.357. The molecule has 0 amide bonds. The Hall–Kier alpha value is -0.590. The topological polar surface area (TPSA) is 53.2 Å². The maximum absolute atomic E-state index is 8.70. The maximum atomic E-state index is 8.70. The summed E-state index contributed by atoms with van der Waals surface area (Å²) in [4.78, 5) is 0. The lowest BCUT2D eigenvalue weighted by Crippen LogP contribution is -2.12. The summed E-state index contributed by atoms with van der Waals surface area (Å²) < 4.78 is 4.56. The maximum Gasteiger partial charge on any atom is 0.0903 e. The van der Waals surface area contributed by atoms with Crippen molar-refractivity contribution in [1.82, 2.24) is 0 Å². The third-order valence-electron chi connectivity index (χ3n) is 0.686. The molecule has 0 rings (SSSR count). The highest BCUT2D eigenvalue weighted by Crippen LogP contribution is 1.87. The number of aliphatic hydroxyl groups excluding tert-OH is 1. The number of hydrogen-bond acceptors (Lipinski definition) is 3. The molecule has 0 radical (unpaired) electrons. The number of aliphatic hydroxyl groups is 1. The Bertz CT molecular complexity index is 86.9. The molecule has 3 heteroatoms. The van der Waals surface area contributed by atoms with E-state index in [-0.39, 0.29) is 13.0 Å². The van der Waals surface area contributed by atoms with Crippen LogP contribution >= 0.6 is 0 Å². The van der Waals surface area contributed by atoms with E-state index in [1.165, 1.54) is 7.11 Å². The van der Waals surface area contributed by atoms with E-state index in [1.54, 1.807) is 0 Å². The van der Waals surface area contributed by atoms with Crippen LogP contribution < -0.4 is 0 Å². The van der Waals surface area contributed by atoms with Crippen LogP contribution in [0.5, 0.6) is 0 Å². The summed E-state index contributed by atoms with van der Waals surface area (Å²) in [6, 6.07) is 1.82. The number of ether oxygens (including phenoxy) is 1. The SMILES string of the molecule is COC[C@@H](O)CC#N. The molecule has 46 valence electrons. The Morgan fingerprint density at radius 3 is 2.88 bits per heavy atom. The monoisotopic (exact) mass is 115 g/mol. The van der Waals surface area contributed by atoms with Crippen molar-refractivity contribution in [2.24, 2.45) is 0 Å². The lowest BCUT2D eigenvalue weighted by atomic mass is 10.3. The molecule has 0 aliphatic rings. The molecule has 8 heavy (non-hydrogen) atoms. The van der Waals surface area contributed by atoms with Crippen LogP contribution in [-0.2, 0) is 4.74 Å². The average Bonchev–Trinajstić information content (AvgIpc) is 1.68. The molecule has 3 nitrogen and oxygen atoms in total. The van der Waals surface area contributed by atoms with Crippen molar-refractivity contribution in [3.8, 4) is 6.07 Å². The number of hydrogen-bond donors (Lipinski definition) is 1. The Labute approximate surface area is 48.5 Å². The minimum Gasteiger partial charge on any atom is -0.390 e. The lowest BCUT2D eigenvalue weighted by Gasteiger charge is -2.01. The predicted molar refractivity (Wildman–Crippen MR) is 28.1 cm³/mol. The van der Waals surface area contributed by atoms with Gasteiger partial charge in [-0.05, 0) is 0 Å². The quantitative estimate of drug-likeness (QED) is 0.559. The molecule has 1 atom stereocenters. The number of nitrogens with zero attached hydrogens (tertiary/aromatic N) is 1. The average molecular weight is 115 g/mol. The second-order valence-corrected chi connectivity index (χ2v) is 1.47. The van der Waals surface area contributed by atoms with E-state index in [9.17, 15) is 0 Å². The summed E-state index contributed by atoms with van der Waals surface area (Å²) in [6.45, 7) is 0.244. The molecule has 0 unspecified atom stereocenters. The van der Waals surface area contributed by atoms with Crippen molar-refractivity contribution in [3.63, 3.8) is 0 Å². The normalized spacial score (nSPS) is 12.6. The highest BCUT2D eigenvalue weighted by molar-refractivity contribution is 4.74. The lowest BCUT2D eigenvalue weighted by molar-refractivity contribution is 0.0677. The fraction of sp³-hybridized carbons (Fsp3) is 0.800. The van der Waals surface area contributed by atoms with Gasteiger partial charge in [0.1, 0.15) is 0 Å². The van der Waals surface area contributed by atoms with Gasteiger partial charge >= 0.3 is 0 Å². The summed E-state index contributed by atoms with van der Waals surface area (Å²) >= 11 is 0. The third kappa shape index (κ3) is 3.59. The zero-order valence-corrected chi connectivity index (χ0v) is 4.79. The molecule has 0 heterocycles. The Balaban J connectivity index is 3.08. The zero-order valence-electron chi connectivity index (χ0n) is 4.79. The molecule has 1 N–H and O–H groups in total. The first-order valence-corrected chi connectivity index (χ1v) is 2.35. The molecule has 0 aromatic heterocycles. The van der Waals surface area contributed by atoms with Crippen molar-refractivity contribution in [3.05, 3.63) is 0 Å². The number of nitriles is 1. The van der Waals surface area contributed by atoms with Gasteiger partial charge in [0.2, 0.25) is 0 Å². The first kappa shape index (κ1) is 7.41. The molecule has 0 saturated carbocycles. The summed E-state index contributed by atoms with van der Waals surface area (Å²) in [7, 11) is 1.49. The highest BCUT2D eigenvalue weighted by atomic mass is 16.5. The second-order valence-electron chi connectivity index (χ2n) is 1.47. The first-order chi connectivity index (χ1) is 3.81. The number of methoxy groups -OCH3 is 1. The van der Waals surface area contributed by atoms with Crippen LogP contribution in [0.2, 0.25) is 0 Å². The van der Waals surface area contributed by atoms with E-state index >= 15 is 0 Å². The van der Waals surface area contributed by atoms with Crippen LogP contribution in [-0.4, -0.2) is 24.9 Å². The third-order valence-corrected chi connectivity index (χ3v) is 0.686. The Morgan fingerprint density at radius 1 is 1.88 bits per heavy atom. The van der Waals surface area contributed by atoms with Crippen molar-refractivity contribution in [2.45, 2.75) is 12.5 Å². The van der Waals surface area contributed by atoms with E-state index in [0.717, 1.165) is 0 Å². The largest absolute Gasteiger partial charge is 0.390 e. The van der Waals surface area contributed by atoms with E-state index in [1.807, 2.05) is 6.07 Å². The van der Waals surface area contributed by atoms with Gasteiger partial charge in [-0.3, -0.25) is 0 Å². The van der Waals surface area contributed by atoms with Crippen LogP contribution in [0.15, 0.2) is 0 Å². The zero-order chi connectivity index (χ0) is 6.41. The van der Waals surface area contributed by atoms with Crippen molar-refractivity contribution in [2.75, 3.05) is 13.7 Å². The van der Waals surface area contributed by atoms with Gasteiger partial charge in [0.05, 0.1) is 25.2 Å². The molecule has 0 aromatic rings. The molecule has 0 aliphatic carbocycles. The van der Waals surface area contributed by atoms with Crippen molar-refractivity contribution in [1.29, 1.82) is 5.26 Å². The van der Waals surface area contributed by atoms with Gasteiger partial charge in [-0.1, -0.05) is 0 Å². The minimum atomic E-state index is -0.620. The minimum absolute atomic E-state index is 0.147. The van der Waals surface area contributed by atoms with Crippen molar-refractivity contribution >= 4 is 0 Å². The molecular formula is C5H9NO2. The molecule has 0 spiro atoms. The summed E-state index contributed by atoms with van der Waals surface area (Å²) in [5.41, 5.74) is 0. The fourth-order valence-corrected chi connectivity index (χ4v) is 0.357. The molecule has 0 aromatic carbocycles. The summed E-state index contributed by atoms with van der Waals surface area (Å²) in [6.07, 6.45) is -0.474. The second kappa shape index (κ2) is 4.57. The van der Waals surface area contributed by atoms with Gasteiger partial charge in [-0.2, -0.15) is 5.26 Å². The van der Waals surface area contributed by atoms with Crippen LogP contribution in [0, 0.1) is 11.3 Å². The smallest absolute Gasteiger partial charge is 0.0903 e. The van der Waals surface area contributed by atoms with Gasteiger partial charge in [-0.15, -0.1) is 0 Å². The number of rotatable bonds is 3. The van der Waals surface area contributed by atoms with Crippen LogP contribution in [0.25, 0.3) is 0 Å². The van der Waals surface area contributed by atoms with Crippen LogP contribution in [0.4, 0.5) is 0 Å². The summed E-state index contributed by atoms with van der Waals surface area (Å²) in [5.74, 6) is 0. The van der Waals surface area contributed by atoms with Crippen molar-refractivity contribution < 1.29 is 9.84 Å². The van der Waals surface area contributed by atoms with E-state index in [2.05, 4.69) is 4.74 Å². The molecule has 0 fully saturated rings. The van der Waals surface area contributed by atoms with Gasteiger partial charge < -0.3 is 9.84 Å².